The van der Waals surface area contributed by atoms with Crippen LogP contribution in [0.15, 0.2) is 34.8 Å². The number of benzene rings is 2. The van der Waals surface area contributed by atoms with Gasteiger partial charge in [-0.05, 0) is 45.8 Å². The lowest BCUT2D eigenvalue weighted by molar-refractivity contribution is 0.0695. The molecule has 0 aliphatic carbocycles. The Morgan fingerprint density at radius 3 is 2.24 bits per heavy atom. The van der Waals surface area contributed by atoms with E-state index in [-0.39, 0.29) is 11.1 Å². The van der Waals surface area contributed by atoms with Crippen molar-refractivity contribution in [3.8, 4) is 5.75 Å². The second kappa shape index (κ2) is 6.17. The summed E-state index contributed by atoms with van der Waals surface area (Å²) in [5, 5.41) is 8.67. The molecule has 0 spiro atoms. The maximum atomic E-state index is 13.6. The summed E-state index contributed by atoms with van der Waals surface area (Å²) >= 11 is 2.98. The molecule has 1 N–H and O–H groups in total. The summed E-state index contributed by atoms with van der Waals surface area (Å²) in [6.07, 6.45) is 0. The molecule has 0 fully saturated rings. The molecule has 2 rings (SSSR count). The van der Waals surface area contributed by atoms with Crippen LogP contribution >= 0.6 is 15.9 Å². The minimum absolute atomic E-state index is 0.195. The largest absolute Gasteiger partial charge is 0.483 e. The Hall–Kier alpha value is -2.02. The third-order valence-corrected chi connectivity index (χ3v) is 3.22. The minimum atomic E-state index is -1.44. The molecule has 0 unspecified atom stereocenters. The molecule has 0 amide bonds. The van der Waals surface area contributed by atoms with Crippen molar-refractivity contribution in [2.75, 3.05) is 0 Å². The van der Waals surface area contributed by atoms with Crippen LogP contribution in [0, 0.1) is 17.5 Å². The van der Waals surface area contributed by atoms with Gasteiger partial charge in [-0.25, -0.2) is 18.0 Å². The third-order valence-electron chi connectivity index (χ3n) is 2.61. The molecule has 0 saturated heterocycles. The van der Waals surface area contributed by atoms with Gasteiger partial charge in [0.1, 0.15) is 12.4 Å². The average molecular weight is 361 g/mol. The zero-order valence-electron chi connectivity index (χ0n) is 10.4. The molecular weight excluding hydrogens is 353 g/mol. The fourth-order valence-corrected chi connectivity index (χ4v) is 2.03. The molecule has 0 aliphatic rings. The van der Waals surface area contributed by atoms with Crippen LogP contribution in [0.4, 0.5) is 13.2 Å². The van der Waals surface area contributed by atoms with E-state index in [0.29, 0.717) is 17.7 Å². The highest BCUT2D eigenvalue weighted by Crippen LogP contribution is 2.25. The van der Waals surface area contributed by atoms with Crippen molar-refractivity contribution in [2.24, 2.45) is 0 Å². The maximum absolute atomic E-state index is 13.6. The Morgan fingerprint density at radius 1 is 1.10 bits per heavy atom. The number of rotatable bonds is 4. The Labute approximate surface area is 126 Å². The molecule has 21 heavy (non-hydrogen) atoms. The van der Waals surface area contributed by atoms with Crippen molar-refractivity contribution in [1.82, 2.24) is 0 Å². The molecule has 0 atom stereocenters. The number of ether oxygens (including phenoxy) is 1. The van der Waals surface area contributed by atoms with Crippen LogP contribution in [0.25, 0.3) is 0 Å². The second-order valence-electron chi connectivity index (χ2n) is 4.11. The lowest BCUT2D eigenvalue weighted by Crippen LogP contribution is -2.04. The molecule has 7 heteroatoms. The molecule has 0 bridgehead atoms. The molecule has 0 heterocycles. The van der Waals surface area contributed by atoms with Crippen molar-refractivity contribution in [1.29, 1.82) is 0 Å². The van der Waals surface area contributed by atoms with Gasteiger partial charge in [-0.3, -0.25) is 0 Å². The SMILES string of the molecule is O=C(O)c1cc(F)c(OCc2ccc(F)c(Br)c2)c(F)c1. The van der Waals surface area contributed by atoms with Crippen LogP contribution in [-0.2, 0) is 6.61 Å². The quantitative estimate of drug-likeness (QED) is 0.890. The predicted octanol–water partition coefficient (Wildman–Crippen LogP) is 4.14. The van der Waals surface area contributed by atoms with Crippen LogP contribution in [0.5, 0.6) is 5.75 Å². The van der Waals surface area contributed by atoms with E-state index in [4.69, 9.17) is 9.84 Å². The van der Waals surface area contributed by atoms with Gasteiger partial charge in [-0.2, -0.15) is 0 Å². The van der Waals surface area contributed by atoms with Gasteiger partial charge < -0.3 is 9.84 Å². The zero-order valence-corrected chi connectivity index (χ0v) is 12.0. The van der Waals surface area contributed by atoms with Crippen LogP contribution in [-0.4, -0.2) is 11.1 Å². The van der Waals surface area contributed by atoms with Crippen LogP contribution < -0.4 is 4.74 Å². The summed E-state index contributed by atoms with van der Waals surface area (Å²) in [5.74, 6) is -4.83. The highest BCUT2D eigenvalue weighted by atomic mass is 79.9. The van der Waals surface area contributed by atoms with Crippen molar-refractivity contribution in [3.63, 3.8) is 0 Å². The van der Waals surface area contributed by atoms with E-state index in [0.717, 1.165) is 0 Å². The lowest BCUT2D eigenvalue weighted by Gasteiger charge is -2.09. The number of carboxylic acid groups (broad SMARTS) is 1. The molecule has 0 aliphatic heterocycles. The first-order valence-corrected chi connectivity index (χ1v) is 6.47. The Morgan fingerprint density at radius 2 is 1.71 bits per heavy atom. The van der Waals surface area contributed by atoms with Crippen LogP contribution in [0.3, 0.4) is 0 Å². The Kier molecular flexibility index (Phi) is 4.52. The van der Waals surface area contributed by atoms with Gasteiger partial charge in [-0.1, -0.05) is 6.07 Å². The summed E-state index contributed by atoms with van der Waals surface area (Å²) in [4.78, 5) is 10.7. The number of halogens is 4. The highest BCUT2D eigenvalue weighted by molar-refractivity contribution is 9.10. The third kappa shape index (κ3) is 3.55. The van der Waals surface area contributed by atoms with Gasteiger partial charge in [0, 0.05) is 0 Å². The fourth-order valence-electron chi connectivity index (χ4n) is 1.61. The van der Waals surface area contributed by atoms with Gasteiger partial charge in [0.15, 0.2) is 17.4 Å². The van der Waals surface area contributed by atoms with E-state index in [9.17, 15) is 18.0 Å². The summed E-state index contributed by atoms with van der Waals surface area (Å²) in [7, 11) is 0. The molecule has 2 aromatic carbocycles. The molecular formula is C14H8BrF3O3. The van der Waals surface area contributed by atoms with Gasteiger partial charge in [0.25, 0.3) is 0 Å². The molecule has 3 nitrogen and oxygen atoms in total. The van der Waals surface area contributed by atoms with Gasteiger partial charge in [-0.15, -0.1) is 0 Å². The molecule has 0 saturated carbocycles. The standard InChI is InChI=1S/C14H8BrF3O3/c15-9-3-7(1-2-10(9)16)6-21-13-11(17)4-8(14(19)20)5-12(13)18/h1-5H,6H2,(H,19,20). The van der Waals surface area contributed by atoms with E-state index in [1.54, 1.807) is 0 Å². The van der Waals surface area contributed by atoms with Gasteiger partial charge in [0.2, 0.25) is 0 Å². The first-order valence-electron chi connectivity index (χ1n) is 5.67. The Bertz CT molecular complexity index is 681. The minimum Gasteiger partial charge on any atom is -0.483 e. The summed E-state index contributed by atoms with van der Waals surface area (Å²) in [6, 6.07) is 5.34. The van der Waals surface area contributed by atoms with Crippen molar-refractivity contribution in [2.45, 2.75) is 6.61 Å². The number of carbonyl (C=O) groups is 1. The summed E-state index contributed by atoms with van der Waals surface area (Å²) in [6.45, 7) is -0.195. The normalized spacial score (nSPS) is 10.5. The number of hydrogen-bond donors (Lipinski definition) is 1. The van der Waals surface area contributed by atoms with E-state index in [2.05, 4.69) is 15.9 Å². The van der Waals surface area contributed by atoms with Crippen molar-refractivity contribution >= 4 is 21.9 Å². The smallest absolute Gasteiger partial charge is 0.335 e. The lowest BCUT2D eigenvalue weighted by atomic mass is 10.2. The van der Waals surface area contributed by atoms with Crippen molar-refractivity contribution < 1.29 is 27.8 Å². The summed E-state index contributed by atoms with van der Waals surface area (Å²) < 4.78 is 45.5. The molecule has 0 radical (unpaired) electrons. The second-order valence-corrected chi connectivity index (χ2v) is 4.97. The van der Waals surface area contributed by atoms with Crippen LogP contribution in [0.2, 0.25) is 0 Å². The number of hydrogen-bond acceptors (Lipinski definition) is 2. The van der Waals surface area contributed by atoms with Crippen molar-refractivity contribution in [3.05, 3.63) is 63.4 Å². The Balaban J connectivity index is 2.20. The number of aromatic carboxylic acids is 1. The van der Waals surface area contributed by atoms with Crippen LogP contribution in [0.1, 0.15) is 15.9 Å². The highest BCUT2D eigenvalue weighted by Gasteiger charge is 2.16. The molecule has 110 valence electrons. The predicted molar refractivity (Wildman–Crippen MR) is 71.7 cm³/mol. The van der Waals surface area contributed by atoms with E-state index in [1.807, 2.05) is 0 Å². The molecule has 2 aromatic rings. The number of carboxylic acids is 1. The average Bonchev–Trinajstić information content (AvgIpc) is 2.41. The zero-order chi connectivity index (χ0) is 15.6. The van der Waals surface area contributed by atoms with E-state index >= 15 is 0 Å². The fraction of sp³-hybridized carbons (Fsp3) is 0.0714. The first-order chi connectivity index (χ1) is 9.88. The topological polar surface area (TPSA) is 46.5 Å². The summed E-state index contributed by atoms with van der Waals surface area (Å²) in [5.41, 5.74) is -0.0220. The van der Waals surface area contributed by atoms with E-state index < -0.39 is 34.7 Å². The monoisotopic (exact) mass is 360 g/mol. The van der Waals surface area contributed by atoms with Gasteiger partial charge in [0.05, 0.1) is 10.0 Å². The first kappa shape index (κ1) is 15.4. The van der Waals surface area contributed by atoms with E-state index in [1.165, 1.54) is 18.2 Å². The molecule has 0 aromatic heterocycles. The maximum Gasteiger partial charge on any atom is 0.335 e. The van der Waals surface area contributed by atoms with Gasteiger partial charge >= 0.3 is 5.97 Å².